The van der Waals surface area contributed by atoms with Gasteiger partial charge in [0.25, 0.3) is 5.92 Å². The monoisotopic (exact) mass is 135 g/mol. The Bertz CT molecular complexity index is 113. The second-order valence-electron chi connectivity index (χ2n) is 1.72. The zero-order valence-electron chi connectivity index (χ0n) is 5.03. The largest absolute Gasteiger partial charge is 0.360 e. The molecule has 0 aliphatic heterocycles. The van der Waals surface area contributed by atoms with E-state index in [4.69, 9.17) is 5.26 Å². The van der Waals surface area contributed by atoms with Gasteiger partial charge in [-0.05, 0) is 0 Å². The van der Waals surface area contributed by atoms with Crippen LogP contribution in [-0.4, -0.2) is 19.1 Å². The molecule has 0 aliphatic rings. The van der Waals surface area contributed by atoms with Gasteiger partial charge in [0, 0.05) is 6.92 Å². The number of nitriles is 1. The molecule has 9 heavy (non-hydrogen) atoms. The highest BCUT2D eigenvalue weighted by atomic mass is 19.3. The quantitative estimate of drug-likeness (QED) is 0.544. The lowest BCUT2D eigenvalue weighted by molar-refractivity contribution is -0.0552. The van der Waals surface area contributed by atoms with Gasteiger partial charge in [0.1, 0.15) is 13.2 Å². The van der Waals surface area contributed by atoms with Gasteiger partial charge in [0.2, 0.25) is 0 Å². The Morgan fingerprint density at radius 2 is 2.22 bits per heavy atom. The third-order valence-electron chi connectivity index (χ3n) is 0.522. The number of hydrogen-bond donors (Lipinski definition) is 0. The average Bonchev–Trinajstić information content (AvgIpc) is 1.63. The van der Waals surface area contributed by atoms with Crippen molar-refractivity contribution in [2.75, 3.05) is 13.2 Å². The summed E-state index contributed by atoms with van der Waals surface area (Å²) in [5.41, 5.74) is 0. The highest BCUT2D eigenvalue weighted by Crippen LogP contribution is 2.10. The van der Waals surface area contributed by atoms with E-state index in [9.17, 15) is 8.78 Å². The summed E-state index contributed by atoms with van der Waals surface area (Å²) in [7, 11) is 0. The topological polar surface area (TPSA) is 33.0 Å². The van der Waals surface area contributed by atoms with E-state index in [0.29, 0.717) is 0 Å². The smallest absolute Gasteiger partial charge is 0.268 e. The molecule has 0 fully saturated rings. The summed E-state index contributed by atoms with van der Waals surface area (Å²) in [5.74, 6) is -2.82. The Morgan fingerprint density at radius 3 is 2.56 bits per heavy atom. The molecule has 52 valence electrons. The minimum Gasteiger partial charge on any atom is -0.360 e. The Kier molecular flexibility index (Phi) is 3.10. The van der Waals surface area contributed by atoms with E-state index in [2.05, 4.69) is 4.74 Å². The molecule has 0 spiro atoms. The summed E-state index contributed by atoms with van der Waals surface area (Å²) in [5, 5.41) is 7.84. The maximum Gasteiger partial charge on any atom is 0.268 e. The molecule has 0 aliphatic carbocycles. The summed E-state index contributed by atoms with van der Waals surface area (Å²) in [6.45, 7) is -0.214. The van der Waals surface area contributed by atoms with Crippen molar-refractivity contribution in [2.45, 2.75) is 12.8 Å². The van der Waals surface area contributed by atoms with E-state index < -0.39 is 12.5 Å². The third kappa shape index (κ3) is 7.31. The van der Waals surface area contributed by atoms with Crippen molar-refractivity contribution in [2.24, 2.45) is 0 Å². The molecule has 0 amide bonds. The molecule has 0 aromatic carbocycles. The van der Waals surface area contributed by atoms with Gasteiger partial charge in [-0.1, -0.05) is 0 Å². The summed E-state index contributed by atoms with van der Waals surface area (Å²) in [4.78, 5) is 0. The molecule has 0 heterocycles. The average molecular weight is 135 g/mol. The van der Waals surface area contributed by atoms with Crippen LogP contribution in [0.5, 0.6) is 0 Å². The van der Waals surface area contributed by atoms with Crippen LogP contribution in [0.25, 0.3) is 0 Å². The molecule has 0 saturated carbocycles. The van der Waals surface area contributed by atoms with Gasteiger partial charge in [-0.3, -0.25) is 0 Å². The first-order chi connectivity index (χ1) is 4.06. The van der Waals surface area contributed by atoms with Crippen LogP contribution in [0.15, 0.2) is 0 Å². The molecule has 0 saturated heterocycles. The van der Waals surface area contributed by atoms with Gasteiger partial charge < -0.3 is 4.74 Å². The predicted molar refractivity (Wildman–Crippen MR) is 27.1 cm³/mol. The van der Waals surface area contributed by atoms with E-state index in [1.165, 1.54) is 0 Å². The number of ether oxygens (including phenoxy) is 1. The van der Waals surface area contributed by atoms with Crippen molar-refractivity contribution in [3.63, 3.8) is 0 Å². The van der Waals surface area contributed by atoms with Crippen molar-refractivity contribution >= 4 is 0 Å². The SMILES string of the molecule is CC(F)(F)COCC#N. The fraction of sp³-hybridized carbons (Fsp3) is 0.800. The summed E-state index contributed by atoms with van der Waals surface area (Å²) < 4.78 is 27.9. The number of nitrogens with zero attached hydrogens (tertiary/aromatic N) is 1. The first-order valence-electron chi connectivity index (χ1n) is 2.39. The van der Waals surface area contributed by atoms with Crippen LogP contribution in [0, 0.1) is 11.3 Å². The summed E-state index contributed by atoms with van der Waals surface area (Å²) >= 11 is 0. The number of alkyl halides is 2. The van der Waals surface area contributed by atoms with Crippen LogP contribution < -0.4 is 0 Å². The van der Waals surface area contributed by atoms with Crippen molar-refractivity contribution in [3.05, 3.63) is 0 Å². The van der Waals surface area contributed by atoms with E-state index in [-0.39, 0.29) is 6.61 Å². The predicted octanol–water partition coefficient (Wildman–Crippen LogP) is 1.18. The molecular weight excluding hydrogens is 128 g/mol. The van der Waals surface area contributed by atoms with Crippen LogP contribution in [-0.2, 0) is 4.74 Å². The molecule has 0 aromatic heterocycles. The zero-order valence-corrected chi connectivity index (χ0v) is 5.03. The van der Waals surface area contributed by atoms with Crippen LogP contribution in [0.3, 0.4) is 0 Å². The van der Waals surface area contributed by atoms with E-state index in [1.807, 2.05) is 0 Å². The summed E-state index contributed by atoms with van der Waals surface area (Å²) in [6, 6.07) is 1.58. The summed E-state index contributed by atoms with van der Waals surface area (Å²) in [6.07, 6.45) is 0. The standard InChI is InChI=1S/C5H7F2NO/c1-5(6,7)4-9-3-2-8/h3-4H2,1H3. The number of rotatable bonds is 3. The second kappa shape index (κ2) is 3.36. The molecule has 0 radical (unpaired) electrons. The highest BCUT2D eigenvalue weighted by Gasteiger charge is 2.20. The lowest BCUT2D eigenvalue weighted by atomic mass is 10.4. The molecule has 4 heteroatoms. The Labute approximate surface area is 52.0 Å². The zero-order chi connectivity index (χ0) is 7.33. The molecule has 0 bridgehead atoms. The Hall–Kier alpha value is -0.690. The van der Waals surface area contributed by atoms with Crippen LogP contribution in [0.2, 0.25) is 0 Å². The van der Waals surface area contributed by atoms with Crippen LogP contribution >= 0.6 is 0 Å². The lowest BCUT2D eigenvalue weighted by Gasteiger charge is -2.07. The molecule has 0 aromatic rings. The van der Waals surface area contributed by atoms with Gasteiger partial charge in [0.15, 0.2) is 0 Å². The normalized spacial score (nSPS) is 10.9. The molecule has 0 atom stereocenters. The molecule has 0 rings (SSSR count). The van der Waals surface area contributed by atoms with E-state index in [0.717, 1.165) is 6.92 Å². The van der Waals surface area contributed by atoms with Crippen molar-refractivity contribution in [3.8, 4) is 6.07 Å². The van der Waals surface area contributed by atoms with Crippen LogP contribution in [0.4, 0.5) is 8.78 Å². The Morgan fingerprint density at radius 1 is 1.67 bits per heavy atom. The van der Waals surface area contributed by atoms with Crippen molar-refractivity contribution < 1.29 is 13.5 Å². The fourth-order valence-electron chi connectivity index (χ4n) is 0.276. The van der Waals surface area contributed by atoms with Crippen LogP contribution in [0.1, 0.15) is 6.92 Å². The van der Waals surface area contributed by atoms with Gasteiger partial charge in [-0.15, -0.1) is 0 Å². The fourth-order valence-corrected chi connectivity index (χ4v) is 0.276. The van der Waals surface area contributed by atoms with Crippen molar-refractivity contribution in [1.82, 2.24) is 0 Å². The van der Waals surface area contributed by atoms with Gasteiger partial charge >= 0.3 is 0 Å². The molecule has 0 unspecified atom stereocenters. The van der Waals surface area contributed by atoms with E-state index in [1.54, 1.807) is 6.07 Å². The molecule has 0 N–H and O–H groups in total. The highest BCUT2D eigenvalue weighted by molar-refractivity contribution is 4.67. The first kappa shape index (κ1) is 8.31. The van der Waals surface area contributed by atoms with Gasteiger partial charge in [-0.2, -0.15) is 5.26 Å². The maximum absolute atomic E-state index is 11.8. The Balaban J connectivity index is 3.20. The lowest BCUT2D eigenvalue weighted by Crippen LogP contribution is -2.18. The molecule has 2 nitrogen and oxygen atoms in total. The van der Waals surface area contributed by atoms with Gasteiger partial charge in [0.05, 0.1) is 6.07 Å². The number of hydrogen-bond acceptors (Lipinski definition) is 2. The van der Waals surface area contributed by atoms with Gasteiger partial charge in [-0.25, -0.2) is 8.78 Å². The minimum absolute atomic E-state index is 0.274. The second-order valence-corrected chi connectivity index (χ2v) is 1.72. The van der Waals surface area contributed by atoms with E-state index >= 15 is 0 Å². The third-order valence-corrected chi connectivity index (χ3v) is 0.522. The minimum atomic E-state index is -2.82. The molecular formula is C5H7F2NO. The maximum atomic E-state index is 11.8. The number of halogens is 2. The first-order valence-corrected chi connectivity index (χ1v) is 2.39. The van der Waals surface area contributed by atoms with Crippen molar-refractivity contribution in [1.29, 1.82) is 5.26 Å².